The minimum atomic E-state index is -3.53. The van der Waals surface area contributed by atoms with E-state index in [2.05, 4.69) is 25.8 Å². The Morgan fingerprint density at radius 3 is 3.00 bits per heavy atom. The third-order valence-corrected chi connectivity index (χ3v) is 5.99. The summed E-state index contributed by atoms with van der Waals surface area (Å²) in [6.07, 6.45) is 2.60. The zero-order valence-corrected chi connectivity index (χ0v) is 14.2. The number of sulfonamides is 1. The lowest BCUT2D eigenvalue weighted by Gasteiger charge is -2.15. The second kappa shape index (κ2) is 6.49. The molecule has 0 atom stereocenters. The number of nitrogens with zero attached hydrogens (tertiary/aromatic N) is 2. The molecule has 0 bridgehead atoms. The van der Waals surface area contributed by atoms with E-state index in [9.17, 15) is 8.42 Å². The fourth-order valence-corrected chi connectivity index (χ4v) is 4.45. The van der Waals surface area contributed by atoms with Crippen molar-refractivity contribution in [3.63, 3.8) is 0 Å². The van der Waals surface area contributed by atoms with E-state index in [4.69, 9.17) is 4.74 Å². The molecule has 0 amide bonds. The fraction of sp³-hybridized carbons (Fsp3) is 0.357. The Kier molecular flexibility index (Phi) is 4.62. The van der Waals surface area contributed by atoms with Gasteiger partial charge in [-0.3, -0.25) is 4.68 Å². The molecular weight excluding hydrogens is 370 g/mol. The van der Waals surface area contributed by atoms with Crippen molar-refractivity contribution in [1.82, 2.24) is 14.5 Å². The average Bonchev–Trinajstić information content (AvgIpc) is 2.91. The Balaban J connectivity index is 1.66. The van der Waals surface area contributed by atoms with Gasteiger partial charge in [0.1, 0.15) is 0 Å². The number of halogens is 1. The zero-order valence-electron chi connectivity index (χ0n) is 11.8. The number of fused-ring (bicyclic) bond motifs is 1. The first kappa shape index (κ1) is 15.7. The van der Waals surface area contributed by atoms with Crippen LogP contribution in [-0.4, -0.2) is 31.3 Å². The molecule has 0 saturated heterocycles. The van der Waals surface area contributed by atoms with Crippen molar-refractivity contribution in [2.45, 2.75) is 24.5 Å². The van der Waals surface area contributed by atoms with Gasteiger partial charge in [-0.25, -0.2) is 13.1 Å². The van der Waals surface area contributed by atoms with Gasteiger partial charge in [-0.1, -0.05) is 12.1 Å². The van der Waals surface area contributed by atoms with Crippen LogP contribution in [0.1, 0.15) is 11.3 Å². The first-order valence-corrected chi connectivity index (χ1v) is 9.21. The molecular formula is C14H16BrN3O3S. The fourth-order valence-electron chi connectivity index (χ4n) is 2.43. The van der Waals surface area contributed by atoms with Crippen LogP contribution in [0.4, 0.5) is 0 Å². The summed E-state index contributed by atoms with van der Waals surface area (Å²) in [5.74, 6) is 0. The quantitative estimate of drug-likeness (QED) is 0.849. The Bertz CT molecular complexity index is 773. The van der Waals surface area contributed by atoms with Gasteiger partial charge in [-0.15, -0.1) is 0 Å². The highest BCUT2D eigenvalue weighted by Crippen LogP contribution is 2.21. The molecule has 1 aliphatic heterocycles. The zero-order chi connectivity index (χ0) is 15.6. The molecule has 118 valence electrons. The van der Waals surface area contributed by atoms with Crippen LogP contribution in [0, 0.1) is 0 Å². The van der Waals surface area contributed by atoms with Gasteiger partial charge in [0, 0.05) is 28.7 Å². The van der Waals surface area contributed by atoms with Crippen LogP contribution in [0.5, 0.6) is 0 Å². The van der Waals surface area contributed by atoms with E-state index in [0.29, 0.717) is 30.8 Å². The maximum atomic E-state index is 12.3. The number of rotatable bonds is 5. The van der Waals surface area contributed by atoms with Crippen molar-refractivity contribution < 1.29 is 13.2 Å². The molecule has 1 N–H and O–H groups in total. The first-order valence-electron chi connectivity index (χ1n) is 6.93. The number of benzene rings is 1. The van der Waals surface area contributed by atoms with Gasteiger partial charge < -0.3 is 4.74 Å². The van der Waals surface area contributed by atoms with Crippen LogP contribution in [0.2, 0.25) is 0 Å². The van der Waals surface area contributed by atoms with E-state index in [-0.39, 0.29) is 4.90 Å². The first-order chi connectivity index (χ1) is 10.6. The number of hydrogen-bond donors (Lipinski definition) is 1. The molecule has 2 heterocycles. The number of ether oxygens (including phenoxy) is 1. The van der Waals surface area contributed by atoms with Gasteiger partial charge in [-0.2, -0.15) is 5.10 Å². The van der Waals surface area contributed by atoms with Gasteiger partial charge >= 0.3 is 0 Å². The molecule has 8 heteroatoms. The van der Waals surface area contributed by atoms with Crippen molar-refractivity contribution in [3.05, 3.63) is 46.2 Å². The second-order valence-electron chi connectivity index (χ2n) is 4.97. The standard InChI is InChI=1S/C14H16BrN3O3S/c15-12-3-1-2-4-14(12)22(19,20)17-6-7-18-13-5-8-21-10-11(13)9-16-18/h1-4,9,17H,5-8,10H2. The normalized spacial score (nSPS) is 14.8. The lowest BCUT2D eigenvalue weighted by atomic mass is 10.2. The lowest BCUT2D eigenvalue weighted by Crippen LogP contribution is -2.28. The summed E-state index contributed by atoms with van der Waals surface area (Å²) < 4.78 is 34.9. The smallest absolute Gasteiger partial charge is 0.241 e. The summed E-state index contributed by atoms with van der Waals surface area (Å²) >= 11 is 3.26. The highest BCUT2D eigenvalue weighted by atomic mass is 79.9. The number of nitrogens with one attached hydrogen (secondary N) is 1. The highest BCUT2D eigenvalue weighted by molar-refractivity contribution is 9.10. The van der Waals surface area contributed by atoms with Crippen molar-refractivity contribution >= 4 is 26.0 Å². The van der Waals surface area contributed by atoms with Crippen LogP contribution in [0.15, 0.2) is 39.8 Å². The Morgan fingerprint density at radius 2 is 2.18 bits per heavy atom. The molecule has 0 spiro atoms. The average molecular weight is 386 g/mol. The Hall–Kier alpha value is -1.22. The van der Waals surface area contributed by atoms with E-state index in [1.807, 2.05) is 4.68 Å². The summed E-state index contributed by atoms with van der Waals surface area (Å²) in [6, 6.07) is 6.75. The number of aromatic nitrogens is 2. The van der Waals surface area contributed by atoms with Gasteiger partial charge in [-0.05, 0) is 28.1 Å². The highest BCUT2D eigenvalue weighted by Gasteiger charge is 2.18. The molecule has 6 nitrogen and oxygen atoms in total. The summed E-state index contributed by atoms with van der Waals surface area (Å²) in [5, 5.41) is 4.30. The molecule has 0 unspecified atom stereocenters. The summed E-state index contributed by atoms with van der Waals surface area (Å²) in [5.41, 5.74) is 2.21. The topological polar surface area (TPSA) is 73.2 Å². The van der Waals surface area contributed by atoms with Gasteiger partial charge in [0.05, 0.1) is 30.9 Å². The maximum Gasteiger partial charge on any atom is 0.241 e. The Morgan fingerprint density at radius 1 is 1.36 bits per heavy atom. The molecule has 22 heavy (non-hydrogen) atoms. The molecule has 1 aromatic heterocycles. The number of hydrogen-bond acceptors (Lipinski definition) is 4. The third-order valence-electron chi connectivity index (χ3n) is 3.52. The van der Waals surface area contributed by atoms with Crippen molar-refractivity contribution in [2.75, 3.05) is 13.2 Å². The minimum absolute atomic E-state index is 0.242. The van der Waals surface area contributed by atoms with Crippen LogP contribution in [-0.2, 0) is 34.3 Å². The van der Waals surface area contributed by atoms with Gasteiger partial charge in [0.2, 0.25) is 10.0 Å². The van der Waals surface area contributed by atoms with Gasteiger partial charge in [0.15, 0.2) is 0 Å². The van der Waals surface area contributed by atoms with E-state index in [1.165, 1.54) is 0 Å². The van der Waals surface area contributed by atoms with Crippen molar-refractivity contribution in [3.8, 4) is 0 Å². The van der Waals surface area contributed by atoms with Crippen molar-refractivity contribution in [2.24, 2.45) is 0 Å². The summed E-state index contributed by atoms with van der Waals surface area (Å²) in [6.45, 7) is 2.05. The predicted octanol–water partition coefficient (Wildman–Crippen LogP) is 1.70. The van der Waals surface area contributed by atoms with Crippen molar-refractivity contribution in [1.29, 1.82) is 0 Å². The Labute approximate surface area is 137 Å². The predicted molar refractivity (Wildman–Crippen MR) is 84.9 cm³/mol. The third kappa shape index (κ3) is 3.24. The monoisotopic (exact) mass is 385 g/mol. The molecule has 3 rings (SSSR count). The molecule has 2 aromatic rings. The molecule has 0 radical (unpaired) electrons. The largest absolute Gasteiger partial charge is 0.376 e. The van der Waals surface area contributed by atoms with Crippen LogP contribution in [0.3, 0.4) is 0 Å². The summed E-state index contributed by atoms with van der Waals surface area (Å²) in [4.78, 5) is 0.242. The summed E-state index contributed by atoms with van der Waals surface area (Å²) in [7, 11) is -3.53. The lowest BCUT2D eigenvalue weighted by molar-refractivity contribution is 0.109. The molecule has 1 aromatic carbocycles. The molecule has 1 aliphatic rings. The van der Waals surface area contributed by atoms with Crippen LogP contribution >= 0.6 is 15.9 Å². The SMILES string of the molecule is O=S(=O)(NCCn1ncc2c1CCOC2)c1ccccc1Br. The van der Waals surface area contributed by atoms with E-state index >= 15 is 0 Å². The van der Waals surface area contributed by atoms with Crippen LogP contribution in [0.25, 0.3) is 0 Å². The van der Waals surface area contributed by atoms with E-state index in [1.54, 1.807) is 30.5 Å². The minimum Gasteiger partial charge on any atom is -0.376 e. The van der Waals surface area contributed by atoms with Crippen LogP contribution < -0.4 is 4.72 Å². The maximum absolute atomic E-state index is 12.3. The second-order valence-corrected chi connectivity index (χ2v) is 7.56. The molecule has 0 aliphatic carbocycles. The molecule has 0 fully saturated rings. The molecule has 0 saturated carbocycles. The van der Waals surface area contributed by atoms with Gasteiger partial charge in [0.25, 0.3) is 0 Å². The van der Waals surface area contributed by atoms with E-state index in [0.717, 1.165) is 17.7 Å². The van der Waals surface area contributed by atoms with E-state index < -0.39 is 10.0 Å².